The average Bonchev–Trinajstić information content (AvgIpc) is 2.48. The molecule has 0 bridgehead atoms. The van der Waals surface area contributed by atoms with Crippen LogP contribution in [-0.2, 0) is 6.54 Å². The third-order valence-corrected chi connectivity index (χ3v) is 3.09. The largest absolute Gasteiger partial charge is 0.375 e. The minimum absolute atomic E-state index is 0.135. The lowest BCUT2D eigenvalue weighted by Gasteiger charge is -2.08. The summed E-state index contributed by atoms with van der Waals surface area (Å²) in [6.07, 6.45) is 0. The Kier molecular flexibility index (Phi) is 4.36. The van der Waals surface area contributed by atoms with Crippen molar-refractivity contribution in [2.24, 2.45) is 0 Å². The van der Waals surface area contributed by atoms with Crippen LogP contribution in [0.15, 0.2) is 36.4 Å². The van der Waals surface area contributed by atoms with Gasteiger partial charge in [0.05, 0.1) is 27.6 Å². The van der Waals surface area contributed by atoms with Crippen molar-refractivity contribution in [1.82, 2.24) is 0 Å². The van der Waals surface area contributed by atoms with E-state index in [4.69, 9.17) is 16.9 Å². The lowest BCUT2D eigenvalue weighted by atomic mass is 10.1. The van der Waals surface area contributed by atoms with Crippen molar-refractivity contribution in [3.05, 3.63) is 68.5 Å². The highest BCUT2D eigenvalue weighted by Gasteiger charge is 2.17. The molecule has 5 nitrogen and oxygen atoms in total. The van der Waals surface area contributed by atoms with Crippen molar-refractivity contribution >= 4 is 23.0 Å². The van der Waals surface area contributed by atoms with Crippen molar-refractivity contribution in [1.29, 1.82) is 5.26 Å². The van der Waals surface area contributed by atoms with Crippen LogP contribution in [0.3, 0.4) is 0 Å². The molecule has 0 aliphatic rings. The summed E-state index contributed by atoms with van der Waals surface area (Å²) in [5.74, 6) is -0.840. The summed E-state index contributed by atoms with van der Waals surface area (Å²) in [5, 5.41) is 22.2. The molecule has 0 amide bonds. The fourth-order valence-electron chi connectivity index (χ4n) is 1.72. The number of nitro benzene ring substituents is 1. The molecule has 0 unspecified atom stereocenters. The number of nitriles is 1. The van der Waals surface area contributed by atoms with Crippen molar-refractivity contribution in [3.8, 4) is 6.07 Å². The standard InChI is InChI=1S/C14H9ClFN3O2/c15-11-5-13(14(19(20)21)6-12(11)16)18-8-10-3-1-9(7-17)2-4-10/h1-6,18H,8H2. The predicted molar refractivity (Wildman–Crippen MR) is 76.5 cm³/mol. The molecule has 0 aliphatic carbocycles. The zero-order valence-corrected chi connectivity index (χ0v) is 11.4. The molecule has 2 aromatic carbocycles. The fraction of sp³-hybridized carbons (Fsp3) is 0.0714. The molecule has 0 atom stereocenters. The number of hydrogen-bond acceptors (Lipinski definition) is 4. The summed E-state index contributed by atoms with van der Waals surface area (Å²) >= 11 is 5.64. The Morgan fingerprint density at radius 1 is 1.33 bits per heavy atom. The summed E-state index contributed by atoms with van der Waals surface area (Å²) < 4.78 is 13.3. The van der Waals surface area contributed by atoms with Crippen molar-refractivity contribution < 1.29 is 9.31 Å². The lowest BCUT2D eigenvalue weighted by Crippen LogP contribution is -2.03. The number of hydrogen-bond donors (Lipinski definition) is 1. The molecule has 2 aromatic rings. The molecule has 106 valence electrons. The van der Waals surface area contributed by atoms with Gasteiger partial charge in [-0.25, -0.2) is 4.39 Å². The van der Waals surface area contributed by atoms with Crippen LogP contribution >= 0.6 is 11.6 Å². The Labute approximate surface area is 124 Å². The van der Waals surface area contributed by atoms with Gasteiger partial charge in [0.2, 0.25) is 0 Å². The molecule has 21 heavy (non-hydrogen) atoms. The maximum atomic E-state index is 13.3. The number of anilines is 1. The second-order valence-corrected chi connectivity index (χ2v) is 4.61. The molecule has 0 fully saturated rings. The predicted octanol–water partition coefficient (Wildman–Crippen LogP) is 3.87. The normalized spacial score (nSPS) is 9.95. The molecule has 2 rings (SSSR count). The maximum absolute atomic E-state index is 13.3. The van der Waals surface area contributed by atoms with Gasteiger partial charge in [0.25, 0.3) is 5.69 Å². The quantitative estimate of drug-likeness (QED) is 0.687. The van der Waals surface area contributed by atoms with Gasteiger partial charge in [0.15, 0.2) is 0 Å². The molecular formula is C14H9ClFN3O2. The van der Waals surface area contributed by atoms with E-state index in [1.807, 2.05) is 6.07 Å². The molecule has 0 saturated heterocycles. The summed E-state index contributed by atoms with van der Waals surface area (Å²) in [6.45, 7) is 0.286. The summed E-state index contributed by atoms with van der Waals surface area (Å²) in [4.78, 5) is 10.2. The van der Waals surface area contributed by atoms with Crippen LogP contribution < -0.4 is 5.32 Å². The van der Waals surface area contributed by atoms with Gasteiger partial charge in [-0.05, 0) is 23.8 Å². The van der Waals surface area contributed by atoms with E-state index < -0.39 is 10.7 Å². The Morgan fingerprint density at radius 3 is 2.57 bits per heavy atom. The van der Waals surface area contributed by atoms with Crippen LogP contribution in [0.1, 0.15) is 11.1 Å². The molecule has 0 heterocycles. The fourth-order valence-corrected chi connectivity index (χ4v) is 1.89. The lowest BCUT2D eigenvalue weighted by molar-refractivity contribution is -0.384. The van der Waals surface area contributed by atoms with Gasteiger partial charge < -0.3 is 5.32 Å². The summed E-state index contributed by atoms with van der Waals surface area (Å²) in [7, 11) is 0. The Balaban J connectivity index is 2.21. The first-order valence-corrected chi connectivity index (χ1v) is 6.25. The summed E-state index contributed by atoms with van der Waals surface area (Å²) in [5.41, 5.74) is 1.10. The van der Waals surface area contributed by atoms with Crippen LogP contribution in [-0.4, -0.2) is 4.92 Å². The van der Waals surface area contributed by atoms with Gasteiger partial charge in [0.1, 0.15) is 11.5 Å². The van der Waals surface area contributed by atoms with Crippen LogP contribution in [0.5, 0.6) is 0 Å². The maximum Gasteiger partial charge on any atom is 0.295 e. The Bertz CT molecular complexity index is 726. The van der Waals surface area contributed by atoms with E-state index in [1.165, 1.54) is 6.07 Å². The highest BCUT2D eigenvalue weighted by molar-refractivity contribution is 6.31. The van der Waals surface area contributed by atoms with Crippen molar-refractivity contribution in [2.75, 3.05) is 5.32 Å². The third-order valence-electron chi connectivity index (χ3n) is 2.80. The monoisotopic (exact) mass is 305 g/mol. The zero-order valence-electron chi connectivity index (χ0n) is 10.6. The number of rotatable bonds is 4. The van der Waals surface area contributed by atoms with Crippen LogP contribution in [0.4, 0.5) is 15.8 Å². The molecular weight excluding hydrogens is 297 g/mol. The Morgan fingerprint density at radius 2 is 2.00 bits per heavy atom. The average molecular weight is 306 g/mol. The van der Waals surface area contributed by atoms with Crippen LogP contribution in [0.25, 0.3) is 0 Å². The molecule has 0 aromatic heterocycles. The molecule has 0 radical (unpaired) electrons. The molecule has 7 heteroatoms. The van der Waals surface area contributed by atoms with Crippen molar-refractivity contribution in [3.63, 3.8) is 0 Å². The minimum Gasteiger partial charge on any atom is -0.375 e. The van der Waals surface area contributed by atoms with Gasteiger partial charge in [-0.1, -0.05) is 23.7 Å². The van der Waals surface area contributed by atoms with E-state index in [2.05, 4.69) is 5.32 Å². The van der Waals surface area contributed by atoms with Gasteiger partial charge in [0, 0.05) is 6.54 Å². The van der Waals surface area contributed by atoms with E-state index >= 15 is 0 Å². The van der Waals surface area contributed by atoms with Gasteiger partial charge in [-0.3, -0.25) is 10.1 Å². The SMILES string of the molecule is N#Cc1ccc(CNc2cc(Cl)c(F)cc2[N+](=O)[O-])cc1. The molecule has 1 N–H and O–H groups in total. The van der Waals surface area contributed by atoms with Gasteiger partial charge >= 0.3 is 0 Å². The number of nitro groups is 1. The smallest absolute Gasteiger partial charge is 0.295 e. The van der Waals surface area contributed by atoms with E-state index in [1.54, 1.807) is 24.3 Å². The first-order valence-electron chi connectivity index (χ1n) is 5.87. The highest BCUT2D eigenvalue weighted by atomic mass is 35.5. The molecule has 0 saturated carbocycles. The van der Waals surface area contributed by atoms with Gasteiger partial charge in [-0.2, -0.15) is 5.26 Å². The highest BCUT2D eigenvalue weighted by Crippen LogP contribution is 2.30. The van der Waals surface area contributed by atoms with E-state index in [-0.39, 0.29) is 22.9 Å². The number of nitrogens with zero attached hydrogens (tertiary/aromatic N) is 2. The zero-order chi connectivity index (χ0) is 15.4. The number of halogens is 2. The molecule has 0 aliphatic heterocycles. The van der Waals surface area contributed by atoms with Gasteiger partial charge in [-0.15, -0.1) is 0 Å². The van der Waals surface area contributed by atoms with E-state index in [0.717, 1.165) is 11.6 Å². The van der Waals surface area contributed by atoms with Crippen LogP contribution in [0.2, 0.25) is 5.02 Å². The third kappa shape index (κ3) is 3.46. The number of nitrogens with one attached hydrogen (secondary N) is 1. The second-order valence-electron chi connectivity index (χ2n) is 4.20. The first kappa shape index (κ1) is 14.8. The second kappa shape index (κ2) is 6.20. The minimum atomic E-state index is -0.840. The topological polar surface area (TPSA) is 79.0 Å². The van der Waals surface area contributed by atoms with E-state index in [0.29, 0.717) is 5.56 Å². The molecule has 0 spiro atoms. The van der Waals surface area contributed by atoms with Crippen molar-refractivity contribution in [2.45, 2.75) is 6.54 Å². The number of benzene rings is 2. The summed E-state index contributed by atoms with van der Waals surface area (Å²) in [6, 6.07) is 10.7. The Hall–Kier alpha value is -2.65. The van der Waals surface area contributed by atoms with E-state index in [9.17, 15) is 14.5 Å². The van der Waals surface area contributed by atoms with Crippen LogP contribution in [0, 0.1) is 27.3 Å². The first-order chi connectivity index (χ1) is 10.0.